The van der Waals surface area contributed by atoms with Gasteiger partial charge in [-0.15, -0.1) is 0 Å². The fraction of sp³-hybridized carbons (Fsp3) is 0.925. The SMILES string of the molecule is C=CC(=O)NCCOCCOCCOCCNC(=O)N(CCCCCCCC)CCCC(C)C1CCCC2C(OCCCN)CC3C[C@H](OCCCN)CC[C@]3(C)[C@H]2C[C@H](OCCCN)[C@@H]1C. The van der Waals surface area contributed by atoms with Gasteiger partial charge in [-0.2, -0.15) is 0 Å². The summed E-state index contributed by atoms with van der Waals surface area (Å²) in [5.74, 6) is 2.81. The molecule has 392 valence electrons. The Kier molecular flexibility index (Phi) is 32.0. The highest BCUT2D eigenvalue weighted by atomic mass is 16.5. The molecule has 8 N–H and O–H groups in total. The van der Waals surface area contributed by atoms with E-state index in [-0.39, 0.29) is 29.6 Å². The van der Waals surface area contributed by atoms with E-state index in [0.717, 1.165) is 96.9 Å². The average molecular weight is 951 g/mol. The van der Waals surface area contributed by atoms with Crippen molar-refractivity contribution in [1.82, 2.24) is 15.5 Å². The number of ether oxygens (including phenoxy) is 6. The lowest BCUT2D eigenvalue weighted by atomic mass is 9.50. The largest absolute Gasteiger partial charge is 0.378 e. The van der Waals surface area contributed by atoms with Crippen LogP contribution in [0, 0.1) is 40.9 Å². The third-order valence-electron chi connectivity index (χ3n) is 15.6. The Labute approximate surface area is 408 Å². The number of carbonyl (C=O) groups excluding carboxylic acids is 2. The van der Waals surface area contributed by atoms with Gasteiger partial charge in [-0.05, 0) is 150 Å². The van der Waals surface area contributed by atoms with E-state index in [4.69, 9.17) is 45.6 Å². The minimum atomic E-state index is -0.210. The van der Waals surface area contributed by atoms with Gasteiger partial charge >= 0.3 is 6.03 Å². The summed E-state index contributed by atoms with van der Waals surface area (Å²) in [6.07, 6.45) is 23.0. The number of hydrogen-bond acceptors (Lipinski definition) is 11. The van der Waals surface area contributed by atoms with Crippen LogP contribution in [0.4, 0.5) is 4.79 Å². The Hall–Kier alpha value is -1.88. The van der Waals surface area contributed by atoms with Gasteiger partial charge in [0.2, 0.25) is 5.91 Å². The molecule has 14 nitrogen and oxygen atoms in total. The van der Waals surface area contributed by atoms with E-state index >= 15 is 0 Å². The molecule has 0 radical (unpaired) electrons. The molecule has 3 amide bonds. The molecule has 0 saturated heterocycles. The van der Waals surface area contributed by atoms with Gasteiger partial charge in [0.1, 0.15) is 0 Å². The fourth-order valence-corrected chi connectivity index (χ4v) is 11.6. The van der Waals surface area contributed by atoms with Crippen LogP contribution in [-0.4, -0.2) is 140 Å². The van der Waals surface area contributed by atoms with E-state index in [2.05, 4.69) is 49.8 Å². The lowest BCUT2D eigenvalue weighted by Crippen LogP contribution is -2.54. The topological polar surface area (TPSA) is 195 Å². The van der Waals surface area contributed by atoms with Crippen LogP contribution in [0.15, 0.2) is 12.7 Å². The molecule has 10 atom stereocenters. The number of nitrogens with zero attached hydrogens (tertiary/aromatic N) is 1. The van der Waals surface area contributed by atoms with Gasteiger partial charge in [-0.3, -0.25) is 4.79 Å². The van der Waals surface area contributed by atoms with Gasteiger partial charge in [-0.25, -0.2) is 4.79 Å². The number of hydrogen-bond donors (Lipinski definition) is 5. The summed E-state index contributed by atoms with van der Waals surface area (Å²) in [4.78, 5) is 26.9. The van der Waals surface area contributed by atoms with Crippen molar-refractivity contribution >= 4 is 11.9 Å². The van der Waals surface area contributed by atoms with Crippen LogP contribution in [0.2, 0.25) is 0 Å². The number of unbranched alkanes of at least 4 members (excludes halogenated alkanes) is 5. The monoisotopic (exact) mass is 951 g/mol. The number of amides is 3. The fourth-order valence-electron chi connectivity index (χ4n) is 11.6. The number of rotatable bonds is 37. The molecule has 3 saturated carbocycles. The molecule has 3 fully saturated rings. The molecule has 3 aliphatic rings. The molecule has 3 aliphatic carbocycles. The molecule has 67 heavy (non-hydrogen) atoms. The average Bonchev–Trinajstić information content (AvgIpc) is 3.39. The zero-order chi connectivity index (χ0) is 48.5. The normalized spacial score (nSPS) is 26.9. The van der Waals surface area contributed by atoms with Crippen molar-refractivity contribution in [1.29, 1.82) is 0 Å². The summed E-state index contributed by atoms with van der Waals surface area (Å²) in [6, 6.07) is 0.000429. The second kappa shape index (κ2) is 36.1. The number of nitrogens with one attached hydrogen (secondary N) is 2. The van der Waals surface area contributed by atoms with Crippen molar-refractivity contribution in [2.45, 2.75) is 168 Å². The van der Waals surface area contributed by atoms with Crippen molar-refractivity contribution in [2.24, 2.45) is 58.1 Å². The van der Waals surface area contributed by atoms with Crippen LogP contribution in [0.3, 0.4) is 0 Å². The van der Waals surface area contributed by atoms with Crippen molar-refractivity contribution in [2.75, 3.05) is 105 Å². The van der Waals surface area contributed by atoms with Crippen LogP contribution >= 0.6 is 0 Å². The smallest absolute Gasteiger partial charge is 0.317 e. The van der Waals surface area contributed by atoms with E-state index in [0.29, 0.717) is 121 Å². The Morgan fingerprint density at radius 3 is 1.97 bits per heavy atom. The predicted octanol–water partition coefficient (Wildman–Crippen LogP) is 7.60. The maximum absolute atomic E-state index is 13.6. The second-order valence-electron chi connectivity index (χ2n) is 20.3. The number of urea groups is 1. The quantitative estimate of drug-likeness (QED) is 0.0304. The van der Waals surface area contributed by atoms with Crippen LogP contribution in [0.5, 0.6) is 0 Å². The molecule has 0 aromatic rings. The van der Waals surface area contributed by atoms with Gasteiger partial charge in [0.15, 0.2) is 0 Å². The zero-order valence-corrected chi connectivity index (χ0v) is 43.2. The third-order valence-corrected chi connectivity index (χ3v) is 15.6. The van der Waals surface area contributed by atoms with E-state index < -0.39 is 0 Å². The number of carbonyl (C=O) groups is 2. The summed E-state index contributed by atoms with van der Waals surface area (Å²) < 4.78 is 37.1. The van der Waals surface area contributed by atoms with E-state index in [1.807, 2.05) is 0 Å². The summed E-state index contributed by atoms with van der Waals surface area (Å²) >= 11 is 0. The second-order valence-corrected chi connectivity index (χ2v) is 20.3. The van der Waals surface area contributed by atoms with Gasteiger partial charge in [0.05, 0.1) is 58.0 Å². The highest BCUT2D eigenvalue weighted by molar-refractivity contribution is 5.86. The van der Waals surface area contributed by atoms with Gasteiger partial charge < -0.3 is 61.2 Å². The summed E-state index contributed by atoms with van der Waals surface area (Å²) in [6.45, 7) is 22.4. The third kappa shape index (κ3) is 22.4. The first-order valence-electron chi connectivity index (χ1n) is 27.2. The Morgan fingerprint density at radius 1 is 0.716 bits per heavy atom. The summed E-state index contributed by atoms with van der Waals surface area (Å²) in [5.41, 5.74) is 18.1. The van der Waals surface area contributed by atoms with E-state index in [9.17, 15) is 9.59 Å². The molecule has 14 heteroatoms. The van der Waals surface area contributed by atoms with Gasteiger partial charge in [0, 0.05) is 46.0 Å². The summed E-state index contributed by atoms with van der Waals surface area (Å²) in [5, 5.41) is 5.81. The highest BCUT2D eigenvalue weighted by Gasteiger charge is 2.55. The Bertz CT molecular complexity index is 1290. The lowest BCUT2D eigenvalue weighted by molar-refractivity contribution is -0.161. The molecule has 0 aromatic carbocycles. The maximum atomic E-state index is 13.6. The minimum Gasteiger partial charge on any atom is -0.378 e. The first-order valence-corrected chi connectivity index (χ1v) is 27.2. The Balaban J connectivity index is 1.61. The number of nitrogens with two attached hydrogens (primary N) is 3. The van der Waals surface area contributed by atoms with Crippen LogP contribution in [-0.2, 0) is 33.2 Å². The van der Waals surface area contributed by atoms with Gasteiger partial charge in [0.25, 0.3) is 0 Å². The molecule has 0 bridgehead atoms. The van der Waals surface area contributed by atoms with Crippen LogP contribution in [0.1, 0.15) is 150 Å². The summed E-state index contributed by atoms with van der Waals surface area (Å²) in [7, 11) is 0. The minimum absolute atomic E-state index is 0.000429. The zero-order valence-electron chi connectivity index (χ0n) is 43.2. The molecule has 0 spiro atoms. The first-order chi connectivity index (χ1) is 32.6. The Morgan fingerprint density at radius 2 is 1.31 bits per heavy atom. The highest BCUT2D eigenvalue weighted by Crippen LogP contribution is 2.59. The van der Waals surface area contributed by atoms with Gasteiger partial charge in [-0.1, -0.05) is 72.8 Å². The van der Waals surface area contributed by atoms with Crippen LogP contribution < -0.4 is 27.8 Å². The molecule has 3 rings (SSSR count). The number of fused-ring (bicyclic) bond motifs is 3. The molecule has 5 unspecified atom stereocenters. The molecular weight excluding hydrogens is 849 g/mol. The lowest BCUT2D eigenvalue weighted by Gasteiger charge is -2.58. The van der Waals surface area contributed by atoms with Crippen molar-refractivity contribution in [3.63, 3.8) is 0 Å². The molecular formula is C53H102N6O8. The predicted molar refractivity (Wildman–Crippen MR) is 271 cm³/mol. The molecule has 0 heterocycles. The maximum Gasteiger partial charge on any atom is 0.317 e. The van der Waals surface area contributed by atoms with Crippen molar-refractivity contribution < 1.29 is 38.0 Å². The van der Waals surface area contributed by atoms with E-state index in [1.165, 1.54) is 57.4 Å². The van der Waals surface area contributed by atoms with E-state index in [1.54, 1.807) is 0 Å². The molecule has 0 aromatic heterocycles. The van der Waals surface area contributed by atoms with Crippen LogP contribution in [0.25, 0.3) is 0 Å². The van der Waals surface area contributed by atoms with Crippen molar-refractivity contribution in [3.8, 4) is 0 Å². The molecule has 0 aliphatic heterocycles. The first kappa shape index (κ1) is 59.4. The standard InChI is InChI=1S/C53H102N6O8/c1-6-8-9-10-11-12-28-59(52(61)58-27-34-63-36-38-64-37-35-62-33-26-57-51(60)7-2)29-14-18-42(3)46-19-13-20-47-48(41-49(43(46)4)66-31-16-24-55)53(5)22-21-45(65-30-15-23-54)39-44(53)40-50(47)67-32-17-25-56/h7,42-50H,2,6,8-41,54-56H2,1,3-5H3,(H,57,60)(H,58,61)/t42?,43-,44?,45-,46?,47?,48+,49+,50?,53+/m1/s1. The van der Waals surface area contributed by atoms with Crippen molar-refractivity contribution in [3.05, 3.63) is 12.7 Å².